The van der Waals surface area contributed by atoms with Crippen LogP contribution >= 0.6 is 34.8 Å². The zero-order chi connectivity index (χ0) is 14.0. The molecule has 1 aromatic carbocycles. The predicted molar refractivity (Wildman–Crippen MR) is 74.2 cm³/mol. The maximum atomic E-state index is 10.5. The van der Waals surface area contributed by atoms with Gasteiger partial charge in [0.05, 0.1) is 33.4 Å². The third-order valence-corrected chi connectivity index (χ3v) is 3.33. The van der Waals surface area contributed by atoms with Crippen molar-refractivity contribution in [1.82, 2.24) is 0 Å². The van der Waals surface area contributed by atoms with Crippen molar-refractivity contribution < 1.29 is 9.34 Å². The van der Waals surface area contributed by atoms with Crippen molar-refractivity contribution in [1.29, 1.82) is 0 Å². The Morgan fingerprint density at radius 3 is 2.47 bits per heavy atom. The number of anilines is 1. The minimum absolute atomic E-state index is 0.242. The lowest BCUT2D eigenvalue weighted by molar-refractivity contribution is -0.402. The summed E-state index contributed by atoms with van der Waals surface area (Å²) >= 11 is 17.7. The van der Waals surface area contributed by atoms with E-state index in [9.17, 15) is 10.1 Å². The lowest BCUT2D eigenvalue weighted by Crippen LogP contribution is -1.99. The van der Waals surface area contributed by atoms with Crippen LogP contribution in [-0.4, -0.2) is 4.92 Å². The number of nitrogens with zero attached hydrogens (tertiary/aromatic N) is 1. The molecule has 1 heterocycles. The maximum absolute atomic E-state index is 10.5. The molecule has 0 saturated heterocycles. The fraction of sp³-hybridized carbons (Fsp3) is 0.0909. The van der Waals surface area contributed by atoms with E-state index < -0.39 is 4.92 Å². The van der Waals surface area contributed by atoms with Gasteiger partial charge in [-0.25, -0.2) is 0 Å². The minimum atomic E-state index is -0.602. The van der Waals surface area contributed by atoms with Crippen LogP contribution in [0.15, 0.2) is 28.7 Å². The highest BCUT2D eigenvalue weighted by Gasteiger charge is 2.12. The Kier molecular flexibility index (Phi) is 4.19. The number of nitrogens with one attached hydrogen (secondary N) is 1. The second-order valence-electron chi connectivity index (χ2n) is 3.60. The number of furan rings is 1. The molecular weight excluding hydrogens is 314 g/mol. The molecule has 0 aliphatic rings. The van der Waals surface area contributed by atoms with Gasteiger partial charge in [-0.3, -0.25) is 10.1 Å². The van der Waals surface area contributed by atoms with Crippen molar-refractivity contribution in [3.05, 3.63) is 55.2 Å². The summed E-state index contributed by atoms with van der Waals surface area (Å²) < 4.78 is 5.00. The Bertz CT molecular complexity index is 628. The van der Waals surface area contributed by atoms with Crippen molar-refractivity contribution in [3.63, 3.8) is 0 Å². The number of hydrogen-bond acceptors (Lipinski definition) is 4. The summed E-state index contributed by atoms with van der Waals surface area (Å²) in [6.45, 7) is 0.242. The second-order valence-corrected chi connectivity index (χ2v) is 4.82. The van der Waals surface area contributed by atoms with Gasteiger partial charge in [0.1, 0.15) is 10.7 Å². The van der Waals surface area contributed by atoms with Crippen LogP contribution in [0.2, 0.25) is 15.1 Å². The normalized spacial score (nSPS) is 10.5. The summed E-state index contributed by atoms with van der Waals surface area (Å²) in [5.74, 6) is 0.103. The zero-order valence-corrected chi connectivity index (χ0v) is 11.6. The van der Waals surface area contributed by atoms with Crippen molar-refractivity contribution in [2.45, 2.75) is 6.54 Å². The molecule has 0 aliphatic heterocycles. The zero-order valence-electron chi connectivity index (χ0n) is 9.32. The van der Waals surface area contributed by atoms with Gasteiger partial charge in [0.2, 0.25) is 0 Å². The second kappa shape index (κ2) is 5.69. The highest BCUT2D eigenvalue weighted by molar-refractivity contribution is 6.44. The van der Waals surface area contributed by atoms with Gasteiger partial charge in [0.15, 0.2) is 0 Å². The van der Waals surface area contributed by atoms with Gasteiger partial charge in [-0.2, -0.15) is 0 Å². The molecule has 8 heteroatoms. The fourth-order valence-electron chi connectivity index (χ4n) is 1.40. The summed E-state index contributed by atoms with van der Waals surface area (Å²) in [5, 5.41) is 14.5. The molecule has 100 valence electrons. The Morgan fingerprint density at radius 1 is 1.16 bits per heavy atom. The molecule has 0 atom stereocenters. The van der Waals surface area contributed by atoms with E-state index in [0.717, 1.165) is 0 Å². The maximum Gasteiger partial charge on any atom is 0.433 e. The van der Waals surface area contributed by atoms with E-state index in [1.807, 2.05) is 0 Å². The molecular formula is C11H7Cl3N2O3. The Labute approximate surface area is 123 Å². The summed E-state index contributed by atoms with van der Waals surface area (Å²) in [5.41, 5.74) is 0.565. The quantitative estimate of drug-likeness (QED) is 0.501. The van der Waals surface area contributed by atoms with Crippen molar-refractivity contribution in [3.8, 4) is 0 Å². The van der Waals surface area contributed by atoms with Crippen LogP contribution in [0.4, 0.5) is 11.6 Å². The first-order valence-corrected chi connectivity index (χ1v) is 6.22. The molecule has 0 fully saturated rings. The topological polar surface area (TPSA) is 68.3 Å². The average molecular weight is 322 g/mol. The van der Waals surface area contributed by atoms with E-state index in [1.54, 1.807) is 6.07 Å². The van der Waals surface area contributed by atoms with Crippen LogP contribution < -0.4 is 5.32 Å². The molecule has 0 unspecified atom stereocenters. The van der Waals surface area contributed by atoms with Gasteiger partial charge in [0.25, 0.3) is 0 Å². The van der Waals surface area contributed by atoms with E-state index in [-0.39, 0.29) is 12.4 Å². The molecule has 2 rings (SSSR count). The summed E-state index contributed by atoms with van der Waals surface area (Å²) in [4.78, 5) is 9.86. The molecule has 0 bridgehead atoms. The largest absolute Gasteiger partial charge is 0.433 e. The van der Waals surface area contributed by atoms with Gasteiger partial charge < -0.3 is 9.73 Å². The molecule has 5 nitrogen and oxygen atoms in total. The molecule has 1 aromatic heterocycles. The molecule has 1 N–H and O–H groups in total. The summed E-state index contributed by atoms with van der Waals surface area (Å²) in [6.07, 6.45) is 0. The van der Waals surface area contributed by atoms with E-state index in [4.69, 9.17) is 39.2 Å². The van der Waals surface area contributed by atoms with Crippen LogP contribution in [0.1, 0.15) is 5.76 Å². The average Bonchev–Trinajstić information content (AvgIpc) is 2.81. The Balaban J connectivity index is 2.09. The van der Waals surface area contributed by atoms with Crippen LogP contribution in [0.3, 0.4) is 0 Å². The third-order valence-electron chi connectivity index (χ3n) is 2.29. The van der Waals surface area contributed by atoms with E-state index in [0.29, 0.717) is 26.5 Å². The lowest BCUT2D eigenvalue weighted by atomic mass is 10.3. The van der Waals surface area contributed by atoms with Crippen molar-refractivity contribution in [2.24, 2.45) is 0 Å². The van der Waals surface area contributed by atoms with Crippen LogP contribution in [0.25, 0.3) is 0 Å². The molecule has 0 saturated carbocycles. The van der Waals surface area contributed by atoms with Crippen molar-refractivity contribution >= 4 is 46.4 Å². The SMILES string of the molecule is O=[N+]([O-])c1ccc(CNc2cc(Cl)c(Cl)cc2Cl)o1. The predicted octanol–water partition coefficient (Wildman–Crippen LogP) is 4.76. The lowest BCUT2D eigenvalue weighted by Gasteiger charge is -2.08. The number of nitro groups is 1. The number of hydrogen-bond donors (Lipinski definition) is 1. The summed E-state index contributed by atoms with van der Waals surface area (Å²) in [7, 11) is 0. The molecule has 0 aliphatic carbocycles. The Morgan fingerprint density at radius 2 is 1.84 bits per heavy atom. The number of halogens is 3. The van der Waals surface area contributed by atoms with Gasteiger partial charge in [0, 0.05) is 0 Å². The number of benzene rings is 1. The van der Waals surface area contributed by atoms with Crippen LogP contribution in [-0.2, 0) is 6.54 Å². The number of rotatable bonds is 4. The van der Waals surface area contributed by atoms with Crippen molar-refractivity contribution in [2.75, 3.05) is 5.32 Å². The molecule has 0 amide bonds. The first-order chi connectivity index (χ1) is 8.97. The smallest absolute Gasteiger partial charge is 0.404 e. The summed E-state index contributed by atoms with van der Waals surface area (Å²) in [6, 6.07) is 5.88. The van der Waals surface area contributed by atoms with Gasteiger partial charge in [-0.1, -0.05) is 34.8 Å². The van der Waals surface area contributed by atoms with Crippen LogP contribution in [0, 0.1) is 10.1 Å². The van der Waals surface area contributed by atoms with Crippen LogP contribution in [0.5, 0.6) is 0 Å². The Hall–Kier alpha value is -1.43. The standard InChI is InChI=1S/C11H7Cl3N2O3/c12-7-3-9(14)10(4-8(7)13)15-5-6-1-2-11(19-6)16(17)18/h1-4,15H,5H2. The first kappa shape index (κ1) is 14.0. The van der Waals surface area contributed by atoms with Gasteiger partial charge >= 0.3 is 5.88 Å². The van der Waals surface area contributed by atoms with E-state index >= 15 is 0 Å². The van der Waals surface area contributed by atoms with Gasteiger partial charge in [-0.15, -0.1) is 0 Å². The highest BCUT2D eigenvalue weighted by atomic mass is 35.5. The molecule has 0 radical (unpaired) electrons. The fourth-order valence-corrected chi connectivity index (χ4v) is 2.01. The monoisotopic (exact) mass is 320 g/mol. The van der Waals surface area contributed by atoms with E-state index in [2.05, 4.69) is 5.32 Å². The van der Waals surface area contributed by atoms with E-state index in [1.165, 1.54) is 18.2 Å². The molecule has 19 heavy (non-hydrogen) atoms. The molecule has 0 spiro atoms. The molecule has 2 aromatic rings. The minimum Gasteiger partial charge on any atom is -0.404 e. The first-order valence-electron chi connectivity index (χ1n) is 5.09. The third kappa shape index (κ3) is 3.32. The van der Waals surface area contributed by atoms with Gasteiger partial charge in [-0.05, 0) is 18.2 Å². The highest BCUT2D eigenvalue weighted by Crippen LogP contribution is 2.32.